The summed E-state index contributed by atoms with van der Waals surface area (Å²) in [6.07, 6.45) is 0. The Bertz CT molecular complexity index is 872. The van der Waals surface area contributed by atoms with Crippen LogP contribution in [0.15, 0.2) is 21.9 Å². The quantitative estimate of drug-likeness (QED) is 0.241. The second-order valence-corrected chi connectivity index (χ2v) is 8.32. The van der Waals surface area contributed by atoms with Crippen LogP contribution in [0.4, 0.5) is 0 Å². The van der Waals surface area contributed by atoms with E-state index in [1.165, 1.54) is 26.0 Å². The third-order valence-electron chi connectivity index (χ3n) is 2.87. The highest BCUT2D eigenvalue weighted by atomic mass is 35.5. The summed E-state index contributed by atoms with van der Waals surface area (Å²) in [6.45, 7) is 2.39. The summed E-state index contributed by atoms with van der Waals surface area (Å²) >= 11 is 37.9. The van der Waals surface area contributed by atoms with Crippen LogP contribution in [0.1, 0.15) is 13.8 Å². The topological polar surface area (TPSA) is 52.6 Å². The summed E-state index contributed by atoms with van der Waals surface area (Å²) < 4.78 is 10.3. The molecule has 0 saturated carbocycles. The van der Waals surface area contributed by atoms with Crippen molar-refractivity contribution in [1.82, 2.24) is 0 Å². The first-order valence-electron chi connectivity index (χ1n) is 6.92. The van der Waals surface area contributed by atoms with Gasteiger partial charge in [-0.15, -0.1) is 0 Å². The molecule has 2 aromatic carbocycles. The molecule has 4 nitrogen and oxygen atoms in total. The second-order valence-electron chi connectivity index (χ2n) is 4.91. The van der Waals surface area contributed by atoms with Gasteiger partial charge in [0, 0.05) is 13.8 Å². The maximum absolute atomic E-state index is 11.5. The van der Waals surface area contributed by atoms with Crippen molar-refractivity contribution in [2.75, 3.05) is 0 Å². The Balaban J connectivity index is 2.73. The lowest BCUT2D eigenvalue weighted by molar-refractivity contribution is -0.133. The number of ether oxygens (including phenoxy) is 2. The molecule has 0 saturated heterocycles. The molecule has 27 heavy (non-hydrogen) atoms. The lowest BCUT2D eigenvalue weighted by Gasteiger charge is -2.17. The molecule has 0 unspecified atom stereocenters. The predicted octanol–water partition coefficient (Wildman–Crippen LogP) is 7.61. The standard InChI is InChI=1S/C16H8Cl6O4S/c1-5(23)25-13-9(19)3-7(17)11(21)15(13)27-16-12(22)8(18)4-10(20)14(16)26-6(2)24/h3-4H,1-2H3. The molecule has 0 aliphatic rings. The van der Waals surface area contributed by atoms with Crippen LogP contribution in [0, 0.1) is 0 Å². The van der Waals surface area contributed by atoms with Gasteiger partial charge >= 0.3 is 11.9 Å². The van der Waals surface area contributed by atoms with Gasteiger partial charge in [0.25, 0.3) is 0 Å². The van der Waals surface area contributed by atoms with Crippen LogP contribution in [0.3, 0.4) is 0 Å². The van der Waals surface area contributed by atoms with Crippen LogP contribution < -0.4 is 9.47 Å². The summed E-state index contributed by atoms with van der Waals surface area (Å²) in [4.78, 5) is 23.2. The fourth-order valence-corrected chi connectivity index (χ4v) is 4.71. The van der Waals surface area contributed by atoms with Gasteiger partial charge in [0.2, 0.25) is 0 Å². The van der Waals surface area contributed by atoms with E-state index in [2.05, 4.69) is 0 Å². The van der Waals surface area contributed by atoms with Crippen molar-refractivity contribution in [2.24, 2.45) is 0 Å². The van der Waals surface area contributed by atoms with E-state index >= 15 is 0 Å². The molecular weight excluding hydrogens is 501 g/mol. The van der Waals surface area contributed by atoms with Crippen LogP contribution in [-0.2, 0) is 9.59 Å². The first kappa shape index (κ1) is 22.8. The number of rotatable bonds is 4. The number of halogens is 6. The van der Waals surface area contributed by atoms with Gasteiger partial charge in [-0.3, -0.25) is 9.59 Å². The van der Waals surface area contributed by atoms with Gasteiger partial charge in [-0.1, -0.05) is 81.4 Å². The number of carbonyl (C=O) groups is 2. The lowest BCUT2D eigenvalue weighted by Crippen LogP contribution is -2.05. The summed E-state index contributed by atoms with van der Waals surface area (Å²) in [5, 5.41) is 0.393. The maximum atomic E-state index is 11.5. The Morgan fingerprint density at radius 3 is 1.33 bits per heavy atom. The van der Waals surface area contributed by atoms with E-state index in [0.717, 1.165) is 11.8 Å². The van der Waals surface area contributed by atoms with Crippen LogP contribution in [0.25, 0.3) is 0 Å². The van der Waals surface area contributed by atoms with Crippen LogP contribution in [-0.4, -0.2) is 11.9 Å². The molecule has 0 aromatic heterocycles. The van der Waals surface area contributed by atoms with E-state index in [4.69, 9.17) is 79.1 Å². The fourth-order valence-electron chi connectivity index (χ4n) is 1.88. The Morgan fingerprint density at radius 1 is 0.704 bits per heavy atom. The molecular formula is C16H8Cl6O4S. The molecule has 0 heterocycles. The Kier molecular flexibility index (Phi) is 7.85. The summed E-state index contributed by atoms with van der Waals surface area (Å²) in [7, 11) is 0. The molecule has 2 rings (SSSR count). The summed E-state index contributed by atoms with van der Waals surface area (Å²) in [5.74, 6) is -1.34. The molecule has 0 atom stereocenters. The molecule has 2 aromatic rings. The molecule has 0 radical (unpaired) electrons. The van der Waals surface area contributed by atoms with Crippen LogP contribution in [0.2, 0.25) is 30.1 Å². The van der Waals surface area contributed by atoms with Crippen molar-refractivity contribution in [3.63, 3.8) is 0 Å². The average molecular weight is 509 g/mol. The molecule has 0 bridgehead atoms. The van der Waals surface area contributed by atoms with Crippen molar-refractivity contribution >= 4 is 93.3 Å². The van der Waals surface area contributed by atoms with Gasteiger partial charge in [0.05, 0.1) is 39.9 Å². The summed E-state index contributed by atoms with van der Waals surface area (Å²) in [5.41, 5.74) is 0. The Hall–Kier alpha value is -0.530. The van der Waals surface area contributed by atoms with E-state index in [-0.39, 0.29) is 51.4 Å². The number of carbonyl (C=O) groups excluding carboxylic acids is 2. The van der Waals surface area contributed by atoms with E-state index < -0.39 is 11.9 Å². The average Bonchev–Trinajstić information content (AvgIpc) is 2.55. The minimum atomic E-state index is -0.632. The van der Waals surface area contributed by atoms with Crippen molar-refractivity contribution in [3.8, 4) is 11.5 Å². The van der Waals surface area contributed by atoms with Crippen LogP contribution >= 0.6 is 81.4 Å². The molecule has 11 heteroatoms. The largest absolute Gasteiger partial charge is 0.424 e. The van der Waals surface area contributed by atoms with Gasteiger partial charge in [-0.25, -0.2) is 0 Å². The van der Waals surface area contributed by atoms with E-state index in [9.17, 15) is 9.59 Å². The third kappa shape index (κ3) is 5.30. The number of hydrogen-bond acceptors (Lipinski definition) is 5. The third-order valence-corrected chi connectivity index (χ3v) is 6.41. The summed E-state index contributed by atoms with van der Waals surface area (Å²) in [6, 6.07) is 2.65. The normalized spacial score (nSPS) is 10.7. The molecule has 0 amide bonds. The lowest BCUT2D eigenvalue weighted by atomic mass is 10.3. The van der Waals surface area contributed by atoms with Gasteiger partial charge in [-0.05, 0) is 12.1 Å². The first-order valence-corrected chi connectivity index (χ1v) is 10.0. The van der Waals surface area contributed by atoms with Gasteiger partial charge in [0.15, 0.2) is 11.5 Å². The van der Waals surface area contributed by atoms with E-state index in [0.29, 0.717) is 0 Å². The molecule has 144 valence electrons. The maximum Gasteiger partial charge on any atom is 0.308 e. The van der Waals surface area contributed by atoms with Gasteiger partial charge in [0.1, 0.15) is 0 Å². The fraction of sp³-hybridized carbons (Fsp3) is 0.125. The predicted molar refractivity (Wildman–Crippen MR) is 110 cm³/mol. The molecule has 0 spiro atoms. The highest BCUT2D eigenvalue weighted by Gasteiger charge is 2.25. The molecule has 0 aliphatic heterocycles. The second kappa shape index (κ2) is 9.31. The Morgan fingerprint density at radius 2 is 1.04 bits per heavy atom. The van der Waals surface area contributed by atoms with Crippen LogP contribution in [0.5, 0.6) is 11.5 Å². The SMILES string of the molecule is CC(=O)Oc1c(Cl)cc(Cl)c(Cl)c1Sc1c(Cl)c(Cl)cc(Cl)c1OC(C)=O. The highest BCUT2D eigenvalue weighted by Crippen LogP contribution is 2.53. The number of esters is 2. The smallest absolute Gasteiger partial charge is 0.308 e. The zero-order valence-corrected chi connectivity index (χ0v) is 18.8. The number of benzene rings is 2. The molecule has 0 fully saturated rings. The number of hydrogen-bond donors (Lipinski definition) is 0. The first-order chi connectivity index (χ1) is 12.5. The van der Waals surface area contributed by atoms with Crippen molar-refractivity contribution in [3.05, 3.63) is 42.3 Å². The van der Waals surface area contributed by atoms with Crippen molar-refractivity contribution in [2.45, 2.75) is 23.6 Å². The Labute approximate surface area is 188 Å². The van der Waals surface area contributed by atoms with E-state index in [1.54, 1.807) is 0 Å². The monoisotopic (exact) mass is 506 g/mol. The zero-order chi connectivity index (χ0) is 20.5. The zero-order valence-electron chi connectivity index (χ0n) is 13.5. The molecule has 0 aliphatic carbocycles. The minimum Gasteiger partial charge on any atom is -0.424 e. The molecule has 0 N–H and O–H groups in total. The van der Waals surface area contributed by atoms with Gasteiger partial charge < -0.3 is 9.47 Å². The van der Waals surface area contributed by atoms with Crippen molar-refractivity contribution < 1.29 is 19.1 Å². The highest BCUT2D eigenvalue weighted by molar-refractivity contribution is 7.99. The van der Waals surface area contributed by atoms with Gasteiger partial charge in [-0.2, -0.15) is 0 Å². The van der Waals surface area contributed by atoms with Crippen molar-refractivity contribution in [1.29, 1.82) is 0 Å². The minimum absolute atomic E-state index is 0.0375. The van der Waals surface area contributed by atoms with E-state index in [1.807, 2.05) is 0 Å².